The normalized spacial score (nSPS) is 10.6. The number of hydrogen-bond acceptors (Lipinski definition) is 8. The lowest BCUT2D eigenvalue weighted by atomic mass is 10.2. The van der Waals surface area contributed by atoms with Crippen molar-refractivity contribution < 1.29 is 19.0 Å². The lowest BCUT2D eigenvalue weighted by Gasteiger charge is -2.10. The highest BCUT2D eigenvalue weighted by atomic mass is 32.1. The second kappa shape index (κ2) is 8.14. The Bertz CT molecular complexity index is 700. The quantitative estimate of drug-likeness (QED) is 0.475. The number of thiazole rings is 1. The molecule has 0 amide bonds. The Labute approximate surface area is 137 Å². The van der Waals surface area contributed by atoms with Gasteiger partial charge in [0.2, 0.25) is 5.13 Å². The van der Waals surface area contributed by atoms with E-state index in [1.807, 2.05) is 12.3 Å². The summed E-state index contributed by atoms with van der Waals surface area (Å²) in [7, 11) is 2.83. The molecule has 23 heavy (non-hydrogen) atoms. The van der Waals surface area contributed by atoms with Crippen molar-refractivity contribution in [1.29, 1.82) is 0 Å². The third-order valence-corrected chi connectivity index (χ3v) is 3.62. The van der Waals surface area contributed by atoms with Crippen LogP contribution in [0.1, 0.15) is 11.3 Å². The van der Waals surface area contributed by atoms with E-state index in [1.54, 1.807) is 24.4 Å². The standard InChI is InChI=1S/C15H17N3O4S/c1-10-9-23-15(17-10)18-16-7-11-4-5-12(13(6-11)20-2)22-8-14(19)21-3/h4-7,9H,8H2,1-3H3,(H,17,18). The molecule has 122 valence electrons. The van der Waals surface area contributed by atoms with Gasteiger partial charge in [0.05, 0.1) is 26.1 Å². The largest absolute Gasteiger partial charge is 0.493 e. The number of aryl methyl sites for hydroxylation is 1. The first-order valence-corrected chi connectivity index (χ1v) is 7.59. The lowest BCUT2D eigenvalue weighted by molar-refractivity contribution is -0.142. The zero-order chi connectivity index (χ0) is 16.7. The van der Waals surface area contributed by atoms with Crippen LogP contribution in [0.5, 0.6) is 11.5 Å². The maximum Gasteiger partial charge on any atom is 0.343 e. The molecule has 2 rings (SSSR count). The third kappa shape index (κ3) is 4.96. The molecule has 0 aliphatic carbocycles. The zero-order valence-corrected chi connectivity index (χ0v) is 13.8. The van der Waals surface area contributed by atoms with Crippen LogP contribution in [-0.4, -0.2) is 38.0 Å². The van der Waals surface area contributed by atoms with Crippen LogP contribution in [0.2, 0.25) is 0 Å². The molecule has 8 heteroatoms. The van der Waals surface area contributed by atoms with E-state index in [0.29, 0.717) is 11.5 Å². The van der Waals surface area contributed by atoms with E-state index >= 15 is 0 Å². The SMILES string of the molecule is COC(=O)COc1ccc(C=NNc2nc(C)cs2)cc1OC. The first kappa shape index (κ1) is 16.8. The van der Waals surface area contributed by atoms with E-state index in [0.717, 1.165) is 16.4 Å². The predicted molar refractivity (Wildman–Crippen MR) is 88.6 cm³/mol. The minimum Gasteiger partial charge on any atom is -0.493 e. The highest BCUT2D eigenvalue weighted by Crippen LogP contribution is 2.27. The molecule has 1 aromatic heterocycles. The highest BCUT2D eigenvalue weighted by Gasteiger charge is 2.08. The fraction of sp³-hybridized carbons (Fsp3) is 0.267. The van der Waals surface area contributed by atoms with Crippen LogP contribution in [0.3, 0.4) is 0 Å². The molecule has 2 aromatic rings. The number of nitrogens with one attached hydrogen (secondary N) is 1. The van der Waals surface area contributed by atoms with E-state index in [4.69, 9.17) is 9.47 Å². The van der Waals surface area contributed by atoms with Crippen LogP contribution in [0.25, 0.3) is 0 Å². The molecule has 1 aromatic carbocycles. The van der Waals surface area contributed by atoms with Gasteiger partial charge in [0.25, 0.3) is 0 Å². The van der Waals surface area contributed by atoms with Gasteiger partial charge in [0, 0.05) is 5.38 Å². The average molecular weight is 335 g/mol. The van der Waals surface area contributed by atoms with E-state index in [9.17, 15) is 4.79 Å². The molecule has 0 atom stereocenters. The van der Waals surface area contributed by atoms with Crippen molar-refractivity contribution in [2.75, 3.05) is 26.3 Å². The first-order valence-electron chi connectivity index (χ1n) is 6.71. The number of carbonyl (C=O) groups is 1. The molecule has 0 fully saturated rings. The summed E-state index contributed by atoms with van der Waals surface area (Å²) in [5, 5.41) is 6.78. The number of benzene rings is 1. The molecule has 0 radical (unpaired) electrons. The molecule has 0 bridgehead atoms. The van der Waals surface area contributed by atoms with Gasteiger partial charge in [-0.25, -0.2) is 9.78 Å². The summed E-state index contributed by atoms with van der Waals surface area (Å²) in [6.07, 6.45) is 1.64. The summed E-state index contributed by atoms with van der Waals surface area (Å²) < 4.78 is 15.1. The van der Waals surface area contributed by atoms with Crippen molar-refractivity contribution in [2.24, 2.45) is 5.10 Å². The Morgan fingerprint density at radius 2 is 2.22 bits per heavy atom. The number of hydrogen-bond donors (Lipinski definition) is 1. The molecule has 0 aliphatic rings. The predicted octanol–water partition coefficient (Wildman–Crippen LogP) is 2.46. The zero-order valence-electron chi connectivity index (χ0n) is 13.0. The van der Waals surface area contributed by atoms with Gasteiger partial charge in [-0.3, -0.25) is 5.43 Å². The number of hydrazone groups is 1. The van der Waals surface area contributed by atoms with Gasteiger partial charge < -0.3 is 14.2 Å². The number of ether oxygens (including phenoxy) is 3. The second-order valence-corrected chi connectivity index (χ2v) is 5.30. The van der Waals surface area contributed by atoms with Gasteiger partial charge in [0.1, 0.15) is 0 Å². The molecule has 1 N–H and O–H groups in total. The van der Waals surface area contributed by atoms with Crippen molar-refractivity contribution in [1.82, 2.24) is 4.98 Å². The number of anilines is 1. The van der Waals surface area contributed by atoms with Gasteiger partial charge in [-0.15, -0.1) is 11.3 Å². The molecule has 0 unspecified atom stereocenters. The molecular formula is C15H17N3O4S. The molecule has 0 spiro atoms. The Hall–Kier alpha value is -2.61. The fourth-order valence-corrected chi connectivity index (χ4v) is 2.28. The van der Waals surface area contributed by atoms with E-state index in [2.05, 4.69) is 20.2 Å². The second-order valence-electron chi connectivity index (χ2n) is 4.44. The van der Waals surface area contributed by atoms with Crippen molar-refractivity contribution in [3.8, 4) is 11.5 Å². The lowest BCUT2D eigenvalue weighted by Crippen LogP contribution is -2.13. The summed E-state index contributed by atoms with van der Waals surface area (Å²) in [6, 6.07) is 5.26. The summed E-state index contributed by atoms with van der Waals surface area (Å²) in [4.78, 5) is 15.4. The van der Waals surface area contributed by atoms with Gasteiger partial charge >= 0.3 is 5.97 Å². The number of aromatic nitrogens is 1. The summed E-state index contributed by atoms with van der Waals surface area (Å²) in [5.41, 5.74) is 4.62. The van der Waals surface area contributed by atoms with E-state index in [-0.39, 0.29) is 6.61 Å². The van der Waals surface area contributed by atoms with Gasteiger partial charge in [-0.2, -0.15) is 5.10 Å². The van der Waals surface area contributed by atoms with Crippen molar-refractivity contribution in [2.45, 2.75) is 6.92 Å². The number of carbonyl (C=O) groups excluding carboxylic acids is 1. The highest BCUT2D eigenvalue weighted by molar-refractivity contribution is 7.13. The first-order chi connectivity index (χ1) is 11.1. The summed E-state index contributed by atoms with van der Waals surface area (Å²) >= 11 is 1.48. The van der Waals surface area contributed by atoms with Crippen LogP contribution in [-0.2, 0) is 9.53 Å². The molecular weight excluding hydrogens is 318 g/mol. The van der Waals surface area contributed by atoms with Crippen molar-refractivity contribution in [3.63, 3.8) is 0 Å². The molecule has 0 saturated heterocycles. The maximum atomic E-state index is 11.1. The smallest absolute Gasteiger partial charge is 0.343 e. The summed E-state index contributed by atoms with van der Waals surface area (Å²) in [5.74, 6) is 0.502. The molecule has 1 heterocycles. The maximum absolute atomic E-state index is 11.1. The van der Waals surface area contributed by atoms with Gasteiger partial charge in [0.15, 0.2) is 18.1 Å². The minimum absolute atomic E-state index is 0.175. The molecule has 0 aliphatic heterocycles. The third-order valence-electron chi connectivity index (χ3n) is 2.75. The van der Waals surface area contributed by atoms with Gasteiger partial charge in [-0.1, -0.05) is 0 Å². The van der Waals surface area contributed by atoms with Crippen LogP contribution >= 0.6 is 11.3 Å². The monoisotopic (exact) mass is 335 g/mol. The molecule has 0 saturated carbocycles. The Morgan fingerprint density at radius 3 is 2.87 bits per heavy atom. The van der Waals surface area contributed by atoms with E-state index in [1.165, 1.54) is 25.6 Å². The average Bonchev–Trinajstić information content (AvgIpc) is 2.98. The number of methoxy groups -OCH3 is 2. The van der Waals surface area contributed by atoms with Crippen LogP contribution in [0.15, 0.2) is 28.7 Å². The Balaban J connectivity index is 2.01. The van der Waals surface area contributed by atoms with E-state index < -0.39 is 5.97 Å². The molecule has 7 nitrogen and oxygen atoms in total. The number of rotatable bonds is 7. The fourth-order valence-electron chi connectivity index (χ4n) is 1.65. The van der Waals surface area contributed by atoms with Crippen LogP contribution < -0.4 is 14.9 Å². The van der Waals surface area contributed by atoms with Crippen LogP contribution in [0, 0.1) is 6.92 Å². The van der Waals surface area contributed by atoms with Crippen LogP contribution in [0.4, 0.5) is 5.13 Å². The Kier molecular flexibility index (Phi) is 5.93. The van der Waals surface area contributed by atoms with Crippen molar-refractivity contribution >= 4 is 28.7 Å². The number of esters is 1. The minimum atomic E-state index is -0.458. The summed E-state index contributed by atoms with van der Waals surface area (Å²) in [6.45, 7) is 1.74. The van der Waals surface area contributed by atoms with Gasteiger partial charge in [-0.05, 0) is 30.7 Å². The number of nitrogens with zero attached hydrogens (tertiary/aromatic N) is 2. The Morgan fingerprint density at radius 1 is 1.39 bits per heavy atom. The topological polar surface area (TPSA) is 82.0 Å². The van der Waals surface area contributed by atoms with Crippen molar-refractivity contribution in [3.05, 3.63) is 34.8 Å².